The summed E-state index contributed by atoms with van der Waals surface area (Å²) in [6.07, 6.45) is -1.76. The van der Waals surface area contributed by atoms with Crippen LogP contribution in [0.3, 0.4) is 0 Å². The standard InChI is InChI=1S/C23H23F3N6O2/c1-12-3-5-18(21-31-30-13(2)34-21)20(29-12)22(33)32-11-15-7-14(15)8-17(32)10-28-19-6-4-16(9-27-19)23(24,25)26/h3-6,9,14-15,17H,7-8,10-11H2,1-2H3,(H,27,28). The molecule has 1 amide bonds. The number of nitrogens with one attached hydrogen (secondary N) is 1. The van der Waals surface area contributed by atoms with Crippen LogP contribution in [0.15, 0.2) is 34.9 Å². The highest BCUT2D eigenvalue weighted by molar-refractivity contribution is 5.98. The molecule has 0 radical (unpaired) electrons. The van der Waals surface area contributed by atoms with Gasteiger partial charge < -0.3 is 14.6 Å². The Bertz CT molecular complexity index is 1210. The summed E-state index contributed by atoms with van der Waals surface area (Å²) in [6, 6.07) is 5.68. The Labute approximate surface area is 193 Å². The molecule has 1 aliphatic carbocycles. The molecule has 3 unspecified atom stereocenters. The largest absolute Gasteiger partial charge is 0.421 e. The molecule has 34 heavy (non-hydrogen) atoms. The summed E-state index contributed by atoms with van der Waals surface area (Å²) in [7, 11) is 0. The zero-order valence-electron chi connectivity index (χ0n) is 18.6. The molecular weight excluding hydrogens is 449 g/mol. The van der Waals surface area contributed by atoms with Crippen molar-refractivity contribution in [2.75, 3.05) is 18.4 Å². The van der Waals surface area contributed by atoms with Crippen LogP contribution >= 0.6 is 0 Å². The molecule has 4 heterocycles. The van der Waals surface area contributed by atoms with E-state index in [2.05, 4.69) is 25.5 Å². The monoisotopic (exact) mass is 472 g/mol. The first-order chi connectivity index (χ1) is 16.2. The number of alkyl halides is 3. The van der Waals surface area contributed by atoms with Gasteiger partial charge in [-0.2, -0.15) is 13.2 Å². The smallest absolute Gasteiger partial charge is 0.417 e. The van der Waals surface area contributed by atoms with Gasteiger partial charge in [-0.25, -0.2) is 9.97 Å². The minimum absolute atomic E-state index is 0.153. The summed E-state index contributed by atoms with van der Waals surface area (Å²) in [5.41, 5.74) is 0.613. The summed E-state index contributed by atoms with van der Waals surface area (Å²) < 4.78 is 44.0. The molecule has 3 atom stereocenters. The van der Waals surface area contributed by atoms with Gasteiger partial charge in [0.25, 0.3) is 5.91 Å². The van der Waals surface area contributed by atoms with Crippen molar-refractivity contribution in [2.45, 2.75) is 38.9 Å². The third-order valence-corrected chi connectivity index (χ3v) is 6.38. The fraction of sp³-hybridized carbons (Fsp3) is 0.435. The van der Waals surface area contributed by atoms with Gasteiger partial charge in [-0.3, -0.25) is 4.79 Å². The topological polar surface area (TPSA) is 97.0 Å². The summed E-state index contributed by atoms with van der Waals surface area (Å²) in [5, 5.41) is 11.0. The molecule has 0 aromatic carbocycles. The van der Waals surface area contributed by atoms with Crippen LogP contribution in [0.5, 0.6) is 0 Å². The molecule has 11 heteroatoms. The molecule has 3 aromatic heterocycles. The number of fused-ring (bicyclic) bond motifs is 1. The molecule has 1 saturated carbocycles. The minimum Gasteiger partial charge on any atom is -0.421 e. The average Bonchev–Trinajstić information content (AvgIpc) is 3.44. The molecule has 1 aliphatic heterocycles. The number of nitrogens with zero attached hydrogens (tertiary/aromatic N) is 5. The van der Waals surface area contributed by atoms with E-state index in [1.54, 1.807) is 24.0 Å². The van der Waals surface area contributed by atoms with E-state index in [-0.39, 0.29) is 23.5 Å². The lowest BCUT2D eigenvalue weighted by Gasteiger charge is -2.35. The number of carbonyl (C=O) groups is 1. The summed E-state index contributed by atoms with van der Waals surface area (Å²) in [4.78, 5) is 23.9. The molecule has 1 saturated heterocycles. The van der Waals surface area contributed by atoms with Gasteiger partial charge in [-0.15, -0.1) is 10.2 Å². The number of aryl methyl sites for hydroxylation is 2. The number of halogens is 3. The van der Waals surface area contributed by atoms with Crippen molar-refractivity contribution >= 4 is 11.7 Å². The highest BCUT2D eigenvalue weighted by Crippen LogP contribution is 2.47. The lowest BCUT2D eigenvalue weighted by Crippen LogP contribution is -2.48. The number of anilines is 1. The molecule has 3 aromatic rings. The van der Waals surface area contributed by atoms with Crippen LogP contribution in [-0.4, -0.2) is 50.1 Å². The van der Waals surface area contributed by atoms with Crippen LogP contribution in [-0.2, 0) is 6.18 Å². The van der Waals surface area contributed by atoms with Crippen molar-refractivity contribution in [2.24, 2.45) is 11.8 Å². The highest BCUT2D eigenvalue weighted by Gasteiger charge is 2.47. The van der Waals surface area contributed by atoms with Crippen molar-refractivity contribution in [1.29, 1.82) is 0 Å². The first kappa shape index (κ1) is 22.3. The maximum Gasteiger partial charge on any atom is 0.417 e. The molecular formula is C23H23F3N6O2. The fourth-order valence-electron chi connectivity index (χ4n) is 4.47. The van der Waals surface area contributed by atoms with Gasteiger partial charge in [-0.1, -0.05) is 0 Å². The Morgan fingerprint density at radius 3 is 2.65 bits per heavy atom. The van der Waals surface area contributed by atoms with Gasteiger partial charge in [0, 0.05) is 37.9 Å². The lowest BCUT2D eigenvalue weighted by atomic mass is 10.0. The Balaban J connectivity index is 1.37. The fourth-order valence-corrected chi connectivity index (χ4v) is 4.47. The predicted octanol–water partition coefficient (Wildman–Crippen LogP) is 4.12. The number of pyridine rings is 2. The zero-order chi connectivity index (χ0) is 24.0. The number of carbonyl (C=O) groups excluding carboxylic acids is 1. The van der Waals surface area contributed by atoms with Gasteiger partial charge in [0.2, 0.25) is 11.8 Å². The average molecular weight is 472 g/mol. The maximum absolute atomic E-state index is 13.7. The van der Waals surface area contributed by atoms with Crippen LogP contribution in [0.1, 0.15) is 40.5 Å². The quantitative estimate of drug-likeness (QED) is 0.597. The lowest BCUT2D eigenvalue weighted by molar-refractivity contribution is -0.137. The molecule has 0 spiro atoms. The molecule has 1 N–H and O–H groups in total. The van der Waals surface area contributed by atoms with Gasteiger partial charge in [0.05, 0.1) is 11.1 Å². The van der Waals surface area contributed by atoms with Crippen molar-refractivity contribution in [3.63, 3.8) is 0 Å². The summed E-state index contributed by atoms with van der Waals surface area (Å²) in [6.45, 7) is 4.46. The second-order valence-electron chi connectivity index (χ2n) is 8.89. The van der Waals surface area contributed by atoms with E-state index < -0.39 is 11.7 Å². The van der Waals surface area contributed by atoms with E-state index in [0.29, 0.717) is 47.9 Å². The third-order valence-electron chi connectivity index (χ3n) is 6.38. The van der Waals surface area contributed by atoms with Crippen LogP contribution in [0.4, 0.5) is 19.0 Å². The van der Waals surface area contributed by atoms with Crippen molar-refractivity contribution in [3.05, 3.63) is 53.3 Å². The third kappa shape index (κ3) is 4.46. The van der Waals surface area contributed by atoms with E-state index in [1.807, 2.05) is 6.92 Å². The Morgan fingerprint density at radius 2 is 1.97 bits per heavy atom. The van der Waals surface area contributed by atoms with E-state index in [1.165, 1.54) is 6.07 Å². The summed E-state index contributed by atoms with van der Waals surface area (Å²) >= 11 is 0. The number of amides is 1. The van der Waals surface area contributed by atoms with Crippen molar-refractivity contribution < 1.29 is 22.4 Å². The van der Waals surface area contributed by atoms with E-state index in [4.69, 9.17) is 4.42 Å². The first-order valence-corrected chi connectivity index (χ1v) is 11.1. The molecule has 178 valence electrons. The highest BCUT2D eigenvalue weighted by atomic mass is 19.4. The second-order valence-corrected chi connectivity index (χ2v) is 8.89. The zero-order valence-corrected chi connectivity index (χ0v) is 18.6. The maximum atomic E-state index is 13.7. The van der Waals surface area contributed by atoms with Gasteiger partial charge in [0.15, 0.2) is 0 Å². The van der Waals surface area contributed by atoms with Crippen LogP contribution in [0.25, 0.3) is 11.5 Å². The van der Waals surface area contributed by atoms with E-state index >= 15 is 0 Å². The Kier molecular flexibility index (Phi) is 5.49. The van der Waals surface area contributed by atoms with Crippen LogP contribution in [0, 0.1) is 25.7 Å². The number of hydrogen-bond acceptors (Lipinski definition) is 7. The Hall–Kier alpha value is -3.50. The molecule has 0 bridgehead atoms. The molecule has 2 aliphatic rings. The second kappa shape index (κ2) is 8.37. The number of aromatic nitrogens is 4. The van der Waals surface area contributed by atoms with E-state index in [0.717, 1.165) is 25.1 Å². The van der Waals surface area contributed by atoms with Gasteiger partial charge in [-0.05, 0) is 55.9 Å². The van der Waals surface area contributed by atoms with Crippen LogP contribution < -0.4 is 5.32 Å². The first-order valence-electron chi connectivity index (χ1n) is 11.1. The van der Waals surface area contributed by atoms with Crippen molar-refractivity contribution in [1.82, 2.24) is 25.1 Å². The van der Waals surface area contributed by atoms with Crippen LogP contribution in [0.2, 0.25) is 0 Å². The summed E-state index contributed by atoms with van der Waals surface area (Å²) in [5.74, 6) is 1.74. The number of hydrogen-bond donors (Lipinski definition) is 1. The van der Waals surface area contributed by atoms with E-state index in [9.17, 15) is 18.0 Å². The van der Waals surface area contributed by atoms with Crippen molar-refractivity contribution in [3.8, 4) is 11.5 Å². The molecule has 2 fully saturated rings. The van der Waals surface area contributed by atoms with Gasteiger partial charge >= 0.3 is 6.18 Å². The number of piperidine rings is 1. The number of rotatable bonds is 5. The predicted molar refractivity (Wildman–Crippen MR) is 116 cm³/mol. The van der Waals surface area contributed by atoms with Gasteiger partial charge in [0.1, 0.15) is 11.5 Å². The number of likely N-dealkylation sites (tertiary alicyclic amines) is 1. The molecule has 5 rings (SSSR count). The SMILES string of the molecule is Cc1ccc(-c2nnc(C)o2)c(C(=O)N2CC3CC3CC2CNc2ccc(C(F)(F)F)cn2)n1. The minimum atomic E-state index is -4.44. The normalized spacial score (nSPS) is 21.8. The molecule has 8 nitrogen and oxygen atoms in total. The Morgan fingerprint density at radius 1 is 1.15 bits per heavy atom.